The molecule has 90 valence electrons. The minimum Gasteiger partial charge on any atom is -0.370 e. The van der Waals surface area contributed by atoms with Crippen LogP contribution in [-0.4, -0.2) is 18.5 Å². The molecule has 0 amide bonds. The van der Waals surface area contributed by atoms with E-state index in [1.54, 1.807) is 7.11 Å². The van der Waals surface area contributed by atoms with Crippen LogP contribution in [0.3, 0.4) is 0 Å². The summed E-state index contributed by atoms with van der Waals surface area (Å²) in [6.07, 6.45) is 11.1. The van der Waals surface area contributed by atoms with Gasteiger partial charge >= 0.3 is 0 Å². The molecule has 2 heteroatoms. The lowest BCUT2D eigenvalue weighted by Gasteiger charge is -2.37. The van der Waals surface area contributed by atoms with Crippen molar-refractivity contribution in [2.45, 2.75) is 57.5 Å². The number of hydrogen-bond acceptors (Lipinski definition) is 2. The van der Waals surface area contributed by atoms with Gasteiger partial charge in [0, 0.05) is 20.0 Å². The Hall–Kier alpha value is -0.810. The van der Waals surface area contributed by atoms with Gasteiger partial charge in [-0.3, -0.25) is 4.79 Å². The molecule has 0 saturated heterocycles. The first-order valence-corrected chi connectivity index (χ1v) is 6.16. The molecule has 2 nitrogen and oxygen atoms in total. The van der Waals surface area contributed by atoms with Crippen LogP contribution in [0.15, 0.2) is 0 Å². The molecule has 16 heavy (non-hydrogen) atoms. The van der Waals surface area contributed by atoms with Crippen molar-refractivity contribution in [1.29, 1.82) is 0 Å². The average Bonchev–Trinajstić information content (AvgIpc) is 2.31. The van der Waals surface area contributed by atoms with E-state index in [1.807, 2.05) is 0 Å². The smallest absolute Gasteiger partial charge is 0.164 e. The van der Waals surface area contributed by atoms with Gasteiger partial charge in [0.05, 0.1) is 0 Å². The van der Waals surface area contributed by atoms with Crippen LogP contribution < -0.4 is 0 Å². The summed E-state index contributed by atoms with van der Waals surface area (Å²) in [6, 6.07) is 0. The van der Waals surface area contributed by atoms with Crippen LogP contribution >= 0.6 is 0 Å². The lowest BCUT2D eigenvalue weighted by Crippen LogP contribution is -2.43. The van der Waals surface area contributed by atoms with Gasteiger partial charge in [-0.2, -0.15) is 0 Å². The second-order valence-corrected chi connectivity index (χ2v) is 4.86. The molecule has 1 fully saturated rings. The Bertz CT molecular complexity index is 267. The summed E-state index contributed by atoms with van der Waals surface area (Å²) >= 11 is 0. The van der Waals surface area contributed by atoms with E-state index in [-0.39, 0.29) is 5.78 Å². The van der Waals surface area contributed by atoms with Crippen LogP contribution in [0, 0.1) is 18.3 Å². The molecule has 0 radical (unpaired) electrons. The first-order valence-electron chi connectivity index (χ1n) is 6.16. The normalized spacial score (nSPS) is 29.7. The maximum atomic E-state index is 12.1. The van der Waals surface area contributed by atoms with Crippen molar-refractivity contribution in [1.82, 2.24) is 0 Å². The predicted octanol–water partition coefficient (Wildman–Crippen LogP) is 2.95. The van der Waals surface area contributed by atoms with Crippen LogP contribution in [-0.2, 0) is 9.53 Å². The van der Waals surface area contributed by atoms with E-state index in [0.717, 1.165) is 38.0 Å². The van der Waals surface area contributed by atoms with E-state index in [1.165, 1.54) is 0 Å². The second kappa shape index (κ2) is 6.06. The van der Waals surface area contributed by atoms with Gasteiger partial charge < -0.3 is 4.74 Å². The Morgan fingerprint density at radius 2 is 2.12 bits per heavy atom. The summed E-state index contributed by atoms with van der Waals surface area (Å²) in [5.41, 5.74) is -0.499. The van der Waals surface area contributed by atoms with Crippen molar-refractivity contribution in [3.8, 4) is 12.3 Å². The minimum absolute atomic E-state index is 0.247. The number of Topliss-reactive ketones (excluding diaryl/α,β-unsaturated/α-hetero) is 1. The van der Waals surface area contributed by atoms with Gasteiger partial charge in [0.15, 0.2) is 5.78 Å². The van der Waals surface area contributed by atoms with Crippen LogP contribution in [0.25, 0.3) is 0 Å². The van der Waals surface area contributed by atoms with Crippen LogP contribution in [0.5, 0.6) is 0 Å². The fourth-order valence-electron chi connectivity index (χ4n) is 2.40. The van der Waals surface area contributed by atoms with Gasteiger partial charge in [-0.25, -0.2) is 0 Å². The first kappa shape index (κ1) is 13.3. The molecule has 1 aliphatic rings. The number of terminal acetylenes is 1. The summed E-state index contributed by atoms with van der Waals surface area (Å²) in [7, 11) is 1.66. The van der Waals surface area contributed by atoms with Crippen molar-refractivity contribution < 1.29 is 9.53 Å². The third kappa shape index (κ3) is 3.09. The number of unbranched alkanes of at least 4 members (excludes halogenated alkanes) is 1. The van der Waals surface area contributed by atoms with Crippen LogP contribution in [0.4, 0.5) is 0 Å². The molecular formula is C14H22O2. The van der Waals surface area contributed by atoms with Gasteiger partial charge in [0.1, 0.15) is 5.60 Å². The van der Waals surface area contributed by atoms with E-state index in [9.17, 15) is 4.79 Å². The van der Waals surface area contributed by atoms with Gasteiger partial charge in [0.25, 0.3) is 0 Å². The largest absolute Gasteiger partial charge is 0.370 e. The van der Waals surface area contributed by atoms with Crippen molar-refractivity contribution in [3.63, 3.8) is 0 Å². The fourth-order valence-corrected chi connectivity index (χ4v) is 2.40. The molecular weight excluding hydrogens is 200 g/mol. The Labute approximate surface area is 98.8 Å². The third-order valence-corrected chi connectivity index (χ3v) is 3.71. The Morgan fingerprint density at radius 1 is 1.50 bits per heavy atom. The van der Waals surface area contributed by atoms with Crippen LogP contribution in [0.2, 0.25) is 0 Å². The zero-order chi connectivity index (χ0) is 12.0. The number of ketones is 1. The van der Waals surface area contributed by atoms with E-state index in [4.69, 9.17) is 11.2 Å². The van der Waals surface area contributed by atoms with Gasteiger partial charge in [-0.15, -0.1) is 12.3 Å². The van der Waals surface area contributed by atoms with Crippen LogP contribution in [0.1, 0.15) is 51.9 Å². The number of ether oxygens (including phenoxy) is 1. The van der Waals surface area contributed by atoms with E-state index in [2.05, 4.69) is 12.8 Å². The summed E-state index contributed by atoms with van der Waals surface area (Å²) in [4.78, 5) is 12.1. The molecule has 1 saturated carbocycles. The van der Waals surface area contributed by atoms with Crippen molar-refractivity contribution >= 4 is 5.78 Å². The molecule has 0 heterocycles. The average molecular weight is 222 g/mol. The van der Waals surface area contributed by atoms with E-state index >= 15 is 0 Å². The molecule has 0 N–H and O–H groups in total. The molecule has 0 atom stereocenters. The highest BCUT2D eigenvalue weighted by Gasteiger charge is 2.40. The number of rotatable bonds is 5. The number of methoxy groups -OCH3 is 1. The van der Waals surface area contributed by atoms with Gasteiger partial charge in [0.2, 0.25) is 0 Å². The summed E-state index contributed by atoms with van der Waals surface area (Å²) < 4.78 is 5.52. The summed E-state index contributed by atoms with van der Waals surface area (Å²) in [6.45, 7) is 2.24. The highest BCUT2D eigenvalue weighted by molar-refractivity contribution is 5.87. The summed E-state index contributed by atoms with van der Waals surface area (Å²) in [5, 5.41) is 0. The molecule has 1 rings (SSSR count). The highest BCUT2D eigenvalue weighted by Crippen LogP contribution is 2.36. The molecule has 1 aliphatic carbocycles. The maximum Gasteiger partial charge on any atom is 0.164 e. The van der Waals surface area contributed by atoms with E-state index < -0.39 is 5.60 Å². The van der Waals surface area contributed by atoms with Crippen molar-refractivity contribution in [2.24, 2.45) is 5.92 Å². The monoisotopic (exact) mass is 222 g/mol. The molecule has 0 aliphatic heterocycles. The molecule has 0 bridgehead atoms. The number of carbonyl (C=O) groups excluding carboxylic acids is 1. The fraction of sp³-hybridized carbons (Fsp3) is 0.786. The summed E-state index contributed by atoms with van der Waals surface area (Å²) in [5.74, 6) is 3.54. The number of carbonyl (C=O) groups is 1. The first-order chi connectivity index (χ1) is 7.64. The Kier molecular flexibility index (Phi) is 5.02. The molecule has 0 aromatic heterocycles. The predicted molar refractivity (Wildman–Crippen MR) is 65.1 cm³/mol. The SMILES string of the molecule is C#CCCCC(=O)C1(OC)CCC(C)CC1. The quantitative estimate of drug-likeness (QED) is 0.528. The molecule has 0 aromatic carbocycles. The molecule has 0 aromatic rings. The zero-order valence-corrected chi connectivity index (χ0v) is 10.4. The lowest BCUT2D eigenvalue weighted by molar-refractivity contribution is -0.146. The van der Waals surface area contributed by atoms with Gasteiger partial charge in [-0.05, 0) is 38.0 Å². The lowest BCUT2D eigenvalue weighted by atomic mass is 9.76. The molecule has 0 spiro atoms. The minimum atomic E-state index is -0.499. The third-order valence-electron chi connectivity index (χ3n) is 3.71. The van der Waals surface area contributed by atoms with E-state index in [0.29, 0.717) is 12.8 Å². The Morgan fingerprint density at radius 3 is 2.62 bits per heavy atom. The highest BCUT2D eigenvalue weighted by atomic mass is 16.5. The zero-order valence-electron chi connectivity index (χ0n) is 10.4. The van der Waals surface area contributed by atoms with Crippen molar-refractivity contribution in [2.75, 3.05) is 7.11 Å². The topological polar surface area (TPSA) is 26.3 Å². The Balaban J connectivity index is 2.52. The van der Waals surface area contributed by atoms with Crippen molar-refractivity contribution in [3.05, 3.63) is 0 Å². The molecule has 0 unspecified atom stereocenters. The number of hydrogen-bond donors (Lipinski definition) is 0. The second-order valence-electron chi connectivity index (χ2n) is 4.86. The maximum absolute atomic E-state index is 12.1. The van der Waals surface area contributed by atoms with Gasteiger partial charge in [-0.1, -0.05) is 6.92 Å². The standard InChI is InChI=1S/C14H22O2/c1-4-5-6-7-13(15)14(16-3)10-8-12(2)9-11-14/h1,12H,5-11H2,2-3H3.